The van der Waals surface area contributed by atoms with Crippen molar-refractivity contribution in [2.24, 2.45) is 0 Å². The Morgan fingerprint density at radius 1 is 1.47 bits per heavy atom. The molecule has 1 aromatic heterocycles. The molecule has 0 saturated heterocycles. The average molecular weight is 210 g/mol. The van der Waals surface area contributed by atoms with Crippen LogP contribution in [0.5, 0.6) is 5.88 Å². The molecule has 2 N–H and O–H groups in total. The molecule has 6 heteroatoms. The molecule has 5 nitrogen and oxygen atoms in total. The maximum Gasteiger partial charge on any atom is 0.495 e. The summed E-state index contributed by atoms with van der Waals surface area (Å²) < 4.78 is 4.97. The van der Waals surface area contributed by atoms with Gasteiger partial charge in [0.25, 0.3) is 0 Å². The molecule has 1 aromatic rings. The number of ether oxygens (including phenoxy) is 1. The first-order chi connectivity index (χ1) is 7.11. The van der Waals surface area contributed by atoms with Gasteiger partial charge in [0.05, 0.1) is 18.3 Å². The summed E-state index contributed by atoms with van der Waals surface area (Å²) in [6, 6.07) is 0. The van der Waals surface area contributed by atoms with E-state index >= 15 is 0 Å². The number of hydrogen-bond acceptors (Lipinski definition) is 5. The second-order valence-corrected chi connectivity index (χ2v) is 3.36. The van der Waals surface area contributed by atoms with E-state index in [1.165, 1.54) is 13.4 Å². The van der Waals surface area contributed by atoms with Crippen molar-refractivity contribution in [1.82, 2.24) is 9.97 Å². The molecule has 1 unspecified atom stereocenters. The summed E-state index contributed by atoms with van der Waals surface area (Å²) in [5.41, 5.74) is 0.883. The van der Waals surface area contributed by atoms with E-state index in [0.717, 1.165) is 6.42 Å². The molecular formula is C9H15BN2O3. The maximum absolute atomic E-state index is 9.26. The number of rotatable bonds is 4. The number of hydrogen-bond donors (Lipinski definition) is 2. The highest BCUT2D eigenvalue weighted by Crippen LogP contribution is 2.17. The molecule has 1 rings (SSSR count). The van der Waals surface area contributed by atoms with Crippen LogP contribution in [0.1, 0.15) is 31.9 Å². The summed E-state index contributed by atoms with van der Waals surface area (Å²) in [7, 11) is -0.167. The topological polar surface area (TPSA) is 75.5 Å². The third kappa shape index (κ3) is 2.46. The van der Waals surface area contributed by atoms with E-state index < -0.39 is 7.12 Å². The van der Waals surface area contributed by atoms with Gasteiger partial charge < -0.3 is 14.8 Å². The van der Waals surface area contributed by atoms with Gasteiger partial charge in [-0.1, -0.05) is 13.8 Å². The third-order valence-electron chi connectivity index (χ3n) is 2.41. The largest absolute Gasteiger partial charge is 0.495 e. The molecule has 0 aromatic carbocycles. The summed E-state index contributed by atoms with van der Waals surface area (Å²) >= 11 is 0. The van der Waals surface area contributed by atoms with Gasteiger partial charge >= 0.3 is 7.12 Å². The molecule has 0 radical (unpaired) electrons. The Balaban J connectivity index is 3.25. The van der Waals surface area contributed by atoms with Crippen LogP contribution in [0.2, 0.25) is 0 Å². The monoisotopic (exact) mass is 210 g/mol. The summed E-state index contributed by atoms with van der Waals surface area (Å²) in [6.45, 7) is 3.97. The molecular weight excluding hydrogens is 195 g/mol. The molecule has 0 aliphatic rings. The predicted octanol–water partition coefficient (Wildman–Crippen LogP) is -0.322. The van der Waals surface area contributed by atoms with E-state index in [9.17, 15) is 10.0 Å². The highest BCUT2D eigenvalue weighted by atomic mass is 16.5. The molecule has 0 aliphatic carbocycles. The first-order valence-electron chi connectivity index (χ1n) is 4.86. The Hall–Kier alpha value is -1.14. The number of nitrogens with zero attached hydrogens (tertiary/aromatic N) is 2. The van der Waals surface area contributed by atoms with Crippen molar-refractivity contribution >= 4 is 12.6 Å². The summed E-state index contributed by atoms with van der Waals surface area (Å²) in [6.07, 6.45) is 2.23. The van der Waals surface area contributed by atoms with Crippen LogP contribution >= 0.6 is 0 Å². The Bertz CT molecular complexity index is 333. The molecule has 0 saturated carbocycles. The molecule has 0 aliphatic heterocycles. The van der Waals surface area contributed by atoms with E-state index in [1.807, 2.05) is 13.8 Å². The minimum Gasteiger partial charge on any atom is -0.481 e. The van der Waals surface area contributed by atoms with E-state index in [1.54, 1.807) is 0 Å². The second-order valence-electron chi connectivity index (χ2n) is 3.36. The van der Waals surface area contributed by atoms with Crippen molar-refractivity contribution in [2.75, 3.05) is 7.11 Å². The molecule has 0 spiro atoms. The second kappa shape index (κ2) is 5.09. The van der Waals surface area contributed by atoms with Crippen LogP contribution in [0.25, 0.3) is 0 Å². The first kappa shape index (κ1) is 11.9. The van der Waals surface area contributed by atoms with Crippen LogP contribution < -0.4 is 10.2 Å². The van der Waals surface area contributed by atoms with Gasteiger partial charge in [0.15, 0.2) is 0 Å². The van der Waals surface area contributed by atoms with Crippen molar-refractivity contribution in [3.05, 3.63) is 12.0 Å². The molecule has 0 bridgehead atoms. The molecule has 0 fully saturated rings. The van der Waals surface area contributed by atoms with Gasteiger partial charge in [0.2, 0.25) is 5.88 Å². The summed E-state index contributed by atoms with van der Waals surface area (Å²) in [4.78, 5) is 7.91. The third-order valence-corrected chi connectivity index (χ3v) is 2.41. The Morgan fingerprint density at radius 2 is 2.13 bits per heavy atom. The summed E-state index contributed by atoms with van der Waals surface area (Å²) in [5, 5.41) is 18.5. The minimum atomic E-state index is -1.61. The standard InChI is InChI=1S/C9H15BN2O3/c1-4-6(2)8-7(10(13)14)9(15-3)12-5-11-8/h5-6,13-14H,4H2,1-3H3. The van der Waals surface area contributed by atoms with E-state index in [0.29, 0.717) is 5.69 Å². The van der Waals surface area contributed by atoms with Crippen LogP contribution in [0.3, 0.4) is 0 Å². The molecule has 15 heavy (non-hydrogen) atoms. The fourth-order valence-corrected chi connectivity index (χ4v) is 1.38. The van der Waals surface area contributed by atoms with Gasteiger partial charge in [0.1, 0.15) is 6.33 Å². The highest BCUT2D eigenvalue weighted by molar-refractivity contribution is 6.60. The van der Waals surface area contributed by atoms with Gasteiger partial charge in [-0.3, -0.25) is 0 Å². The van der Waals surface area contributed by atoms with Crippen molar-refractivity contribution in [3.8, 4) is 5.88 Å². The molecule has 0 amide bonds. The quantitative estimate of drug-likeness (QED) is 0.666. The van der Waals surface area contributed by atoms with Crippen molar-refractivity contribution in [1.29, 1.82) is 0 Å². The molecule has 1 atom stereocenters. The van der Waals surface area contributed by atoms with Crippen molar-refractivity contribution in [2.45, 2.75) is 26.2 Å². The molecule has 1 heterocycles. The lowest BCUT2D eigenvalue weighted by molar-refractivity contribution is 0.388. The minimum absolute atomic E-state index is 0.138. The smallest absolute Gasteiger partial charge is 0.481 e. The fourth-order valence-electron chi connectivity index (χ4n) is 1.38. The van der Waals surface area contributed by atoms with Crippen LogP contribution in [-0.4, -0.2) is 34.2 Å². The zero-order valence-electron chi connectivity index (χ0n) is 9.14. The number of aromatic nitrogens is 2. The average Bonchev–Trinajstić information content (AvgIpc) is 2.26. The Morgan fingerprint density at radius 3 is 2.60 bits per heavy atom. The SMILES string of the molecule is CCC(C)c1ncnc(OC)c1B(O)O. The fraction of sp³-hybridized carbons (Fsp3) is 0.556. The van der Waals surface area contributed by atoms with Gasteiger partial charge in [-0.15, -0.1) is 0 Å². The van der Waals surface area contributed by atoms with Gasteiger partial charge in [-0.05, 0) is 12.3 Å². The number of methoxy groups -OCH3 is 1. The van der Waals surface area contributed by atoms with Crippen molar-refractivity contribution in [3.63, 3.8) is 0 Å². The first-order valence-corrected chi connectivity index (χ1v) is 4.86. The van der Waals surface area contributed by atoms with Crippen molar-refractivity contribution < 1.29 is 14.8 Å². The molecule has 82 valence electrons. The Labute approximate surface area is 89.3 Å². The summed E-state index contributed by atoms with van der Waals surface area (Å²) in [5.74, 6) is 0.356. The van der Waals surface area contributed by atoms with Gasteiger partial charge in [0, 0.05) is 0 Å². The lowest BCUT2D eigenvalue weighted by Gasteiger charge is -2.14. The Kier molecular flexibility index (Phi) is 4.05. The maximum atomic E-state index is 9.26. The predicted molar refractivity (Wildman–Crippen MR) is 57.1 cm³/mol. The van der Waals surface area contributed by atoms with Gasteiger partial charge in [-0.25, -0.2) is 9.97 Å². The zero-order chi connectivity index (χ0) is 11.4. The van der Waals surface area contributed by atoms with Gasteiger partial charge in [-0.2, -0.15) is 0 Å². The zero-order valence-corrected chi connectivity index (χ0v) is 9.14. The van der Waals surface area contributed by atoms with Crippen LogP contribution in [-0.2, 0) is 0 Å². The van der Waals surface area contributed by atoms with Crippen LogP contribution in [0.4, 0.5) is 0 Å². The van der Waals surface area contributed by atoms with E-state index in [-0.39, 0.29) is 17.3 Å². The van der Waals surface area contributed by atoms with E-state index in [2.05, 4.69) is 9.97 Å². The van der Waals surface area contributed by atoms with Crippen LogP contribution in [0.15, 0.2) is 6.33 Å². The van der Waals surface area contributed by atoms with Crippen LogP contribution in [0, 0.1) is 0 Å². The highest BCUT2D eigenvalue weighted by Gasteiger charge is 2.25. The van der Waals surface area contributed by atoms with E-state index in [4.69, 9.17) is 4.74 Å². The normalized spacial score (nSPS) is 12.3. The lowest BCUT2D eigenvalue weighted by atomic mass is 9.76. The lowest BCUT2D eigenvalue weighted by Crippen LogP contribution is -2.36.